The molecule has 1 unspecified atom stereocenters. The van der Waals surface area contributed by atoms with Crippen LogP contribution in [0.4, 0.5) is 0 Å². The number of H-pyrrole nitrogens is 1. The molecule has 7 heteroatoms. The Labute approximate surface area is 62.1 Å². The molecule has 2 aliphatic heterocycles. The highest BCUT2D eigenvalue weighted by atomic mass is 31.1. The Balaban J connectivity index is 2.90. The standard InChI is InChI=1S/C4H4N5OP/c5-11-8-3-2(4(10)9-11)6-1-7-3/h1H,5H2,(H,9,10). The number of nitrogens with zero attached hydrogens (tertiary/aromatic N) is 3. The van der Waals surface area contributed by atoms with E-state index in [2.05, 4.69) is 19.5 Å². The molecule has 0 amide bonds. The Morgan fingerprint density at radius 3 is 3.18 bits per heavy atom. The Bertz CT molecular complexity index is 405. The van der Waals surface area contributed by atoms with Crippen molar-refractivity contribution in [3.05, 3.63) is 16.7 Å². The summed E-state index contributed by atoms with van der Waals surface area (Å²) in [6.07, 6.45) is 1.29. The lowest BCUT2D eigenvalue weighted by atomic mass is 10.5. The van der Waals surface area contributed by atoms with Crippen LogP contribution in [0.1, 0.15) is 0 Å². The van der Waals surface area contributed by atoms with E-state index < -0.39 is 8.00 Å². The number of fused-ring (bicyclic) bond motifs is 1. The predicted octanol–water partition coefficient (Wildman–Crippen LogP) is -0.635. The van der Waals surface area contributed by atoms with Crippen LogP contribution in [0.15, 0.2) is 11.1 Å². The van der Waals surface area contributed by atoms with E-state index in [-0.39, 0.29) is 11.3 Å². The number of nitrogen functional groups attached to an aromatic ring is 1. The van der Waals surface area contributed by atoms with E-state index in [1.165, 1.54) is 6.33 Å². The number of aromatic nitrogens is 4. The third-order valence-electron chi connectivity index (χ3n) is 1.21. The van der Waals surface area contributed by atoms with E-state index in [0.29, 0.717) is 5.82 Å². The van der Waals surface area contributed by atoms with Gasteiger partial charge < -0.3 is 0 Å². The molecule has 0 aromatic heterocycles. The molecule has 0 aliphatic carbocycles. The van der Waals surface area contributed by atoms with Crippen LogP contribution in [-0.2, 0) is 0 Å². The maximum absolute atomic E-state index is 11.0. The van der Waals surface area contributed by atoms with E-state index >= 15 is 0 Å². The number of nitrogens with one attached hydrogen (secondary N) is 1. The van der Waals surface area contributed by atoms with Crippen LogP contribution in [0.5, 0.6) is 0 Å². The zero-order chi connectivity index (χ0) is 7.84. The average molecular weight is 169 g/mol. The van der Waals surface area contributed by atoms with Gasteiger partial charge in [-0.3, -0.25) is 15.0 Å². The minimum Gasteiger partial charge on any atom is -0.284 e. The van der Waals surface area contributed by atoms with Gasteiger partial charge in [0.25, 0.3) is 5.56 Å². The lowest BCUT2D eigenvalue weighted by Crippen LogP contribution is -2.11. The third kappa shape index (κ3) is 0.923. The van der Waals surface area contributed by atoms with Crippen LogP contribution < -0.4 is 11.1 Å². The molecule has 0 fully saturated rings. The molecule has 1 atom stereocenters. The quantitative estimate of drug-likeness (QED) is 0.546. The summed E-state index contributed by atoms with van der Waals surface area (Å²) in [6.45, 7) is 0. The fourth-order valence-corrected chi connectivity index (χ4v) is 1.49. The van der Waals surface area contributed by atoms with Gasteiger partial charge in [0.1, 0.15) is 14.3 Å². The molecule has 0 aromatic carbocycles. The number of nitrogens with two attached hydrogens (primary N) is 1. The summed E-state index contributed by atoms with van der Waals surface area (Å²) < 4.78 is 6.35. The molecule has 2 heterocycles. The number of rotatable bonds is 0. The monoisotopic (exact) mass is 169 g/mol. The van der Waals surface area contributed by atoms with Gasteiger partial charge in [-0.1, -0.05) is 0 Å². The van der Waals surface area contributed by atoms with E-state index in [9.17, 15) is 4.79 Å². The third-order valence-corrected chi connectivity index (χ3v) is 2.05. The summed E-state index contributed by atoms with van der Waals surface area (Å²) in [5.74, 6) is 0.349. The topological polar surface area (TPSA) is 97.5 Å². The van der Waals surface area contributed by atoms with Crippen LogP contribution in [-0.4, -0.2) is 19.5 Å². The first-order valence-electron chi connectivity index (χ1n) is 2.82. The molecule has 56 valence electrons. The van der Waals surface area contributed by atoms with Crippen LogP contribution >= 0.6 is 8.00 Å². The van der Waals surface area contributed by atoms with Gasteiger partial charge >= 0.3 is 0 Å². The average Bonchev–Trinajstić information content (AvgIpc) is 2.34. The number of aromatic amines is 1. The molecule has 0 saturated heterocycles. The van der Waals surface area contributed by atoms with Gasteiger partial charge in [0.15, 0.2) is 11.5 Å². The zero-order valence-corrected chi connectivity index (χ0v) is 6.25. The van der Waals surface area contributed by atoms with Crippen molar-refractivity contribution in [3.63, 3.8) is 0 Å². The van der Waals surface area contributed by atoms with Gasteiger partial charge in [-0.25, -0.2) is 9.97 Å². The Hall–Kier alpha value is -1.26. The molecule has 0 saturated carbocycles. The van der Waals surface area contributed by atoms with Crippen molar-refractivity contribution in [2.75, 3.05) is 5.50 Å². The second-order valence-corrected chi connectivity index (χ2v) is 3.04. The molecule has 3 N–H and O–H groups in total. The molecule has 11 heavy (non-hydrogen) atoms. The highest BCUT2D eigenvalue weighted by Crippen LogP contribution is 2.12. The van der Waals surface area contributed by atoms with Crippen LogP contribution in [0.2, 0.25) is 0 Å². The molecule has 0 aromatic rings. The number of hydrogen-bond acceptors (Lipinski definition) is 5. The fraction of sp³-hybridized carbons (Fsp3) is 0. The van der Waals surface area contributed by atoms with Crippen LogP contribution in [0.3, 0.4) is 0 Å². The fourth-order valence-electron chi connectivity index (χ4n) is 0.778. The SMILES string of the molecule is Np1nc2ncnc-2c(=O)[nH]1. The molecule has 6 nitrogen and oxygen atoms in total. The smallest absolute Gasteiger partial charge is 0.282 e. The molecule has 0 bridgehead atoms. The lowest BCUT2D eigenvalue weighted by molar-refractivity contribution is 1.24. The van der Waals surface area contributed by atoms with E-state index in [4.69, 9.17) is 5.50 Å². The molecule has 0 radical (unpaired) electrons. The first-order valence-corrected chi connectivity index (χ1v) is 4.19. The second-order valence-electron chi connectivity index (χ2n) is 1.93. The molecule has 2 aliphatic rings. The maximum atomic E-state index is 11.0. The maximum Gasteiger partial charge on any atom is 0.282 e. The van der Waals surface area contributed by atoms with Crippen molar-refractivity contribution in [3.8, 4) is 11.5 Å². The van der Waals surface area contributed by atoms with Crippen molar-refractivity contribution in [2.45, 2.75) is 0 Å². The number of hydrogen-bond donors (Lipinski definition) is 2. The minimum atomic E-state index is -1.27. The van der Waals surface area contributed by atoms with E-state index in [1.807, 2.05) is 0 Å². The van der Waals surface area contributed by atoms with Gasteiger partial charge in [-0.05, 0) is 0 Å². The Morgan fingerprint density at radius 2 is 2.36 bits per heavy atom. The summed E-state index contributed by atoms with van der Waals surface area (Å²) in [4.78, 5) is 18.5. The zero-order valence-electron chi connectivity index (χ0n) is 5.35. The first kappa shape index (κ1) is 6.45. The van der Waals surface area contributed by atoms with Crippen LogP contribution in [0.25, 0.3) is 11.5 Å². The van der Waals surface area contributed by atoms with Crippen molar-refractivity contribution in [2.24, 2.45) is 0 Å². The van der Waals surface area contributed by atoms with Crippen molar-refractivity contribution in [1.29, 1.82) is 0 Å². The Morgan fingerprint density at radius 1 is 1.55 bits per heavy atom. The van der Waals surface area contributed by atoms with Gasteiger partial charge in [-0.2, -0.15) is 4.75 Å². The molecular weight excluding hydrogens is 165 g/mol. The molecule has 2 rings (SSSR count). The van der Waals surface area contributed by atoms with Crippen molar-refractivity contribution >= 4 is 8.00 Å². The van der Waals surface area contributed by atoms with Gasteiger partial charge in [-0.15, -0.1) is 0 Å². The summed E-state index contributed by atoms with van der Waals surface area (Å²) >= 11 is 0. The minimum absolute atomic E-state index is 0.259. The lowest BCUT2D eigenvalue weighted by Gasteiger charge is -1.93. The predicted molar refractivity (Wildman–Crippen MR) is 39.9 cm³/mol. The first-order chi connectivity index (χ1) is 5.27. The van der Waals surface area contributed by atoms with Crippen molar-refractivity contribution < 1.29 is 0 Å². The largest absolute Gasteiger partial charge is 0.284 e. The molecular formula is C4H4N5OP. The Kier molecular flexibility index (Phi) is 1.24. The van der Waals surface area contributed by atoms with Crippen LogP contribution in [0, 0.1) is 0 Å². The van der Waals surface area contributed by atoms with E-state index in [0.717, 1.165) is 0 Å². The number of imidazole rings is 1. The second kappa shape index (κ2) is 2.11. The highest BCUT2D eigenvalue weighted by molar-refractivity contribution is 7.41. The normalized spacial score (nSPS) is 12.3. The van der Waals surface area contributed by atoms with E-state index in [1.54, 1.807) is 0 Å². The van der Waals surface area contributed by atoms with Gasteiger partial charge in [0.2, 0.25) is 0 Å². The summed E-state index contributed by atoms with van der Waals surface area (Å²) in [7, 11) is -1.27. The van der Waals surface area contributed by atoms with Crippen molar-refractivity contribution in [1.82, 2.24) is 19.5 Å². The summed E-state index contributed by atoms with van der Waals surface area (Å²) in [5.41, 5.74) is 5.37. The van der Waals surface area contributed by atoms with Gasteiger partial charge in [0, 0.05) is 0 Å². The molecule has 0 spiro atoms. The summed E-state index contributed by atoms with van der Waals surface area (Å²) in [5, 5.41) is 0. The summed E-state index contributed by atoms with van der Waals surface area (Å²) in [6, 6.07) is 0. The van der Waals surface area contributed by atoms with Gasteiger partial charge in [0.05, 0.1) is 0 Å². The highest BCUT2D eigenvalue weighted by Gasteiger charge is 2.11.